The van der Waals surface area contributed by atoms with Gasteiger partial charge in [0.05, 0.1) is 15.9 Å². The van der Waals surface area contributed by atoms with Crippen molar-refractivity contribution in [3.8, 4) is 0 Å². The number of hydrogen-bond acceptors (Lipinski definition) is 5. The molecule has 23 heavy (non-hydrogen) atoms. The fourth-order valence-corrected chi connectivity index (χ4v) is 2.90. The Bertz CT molecular complexity index is 944. The van der Waals surface area contributed by atoms with Crippen LogP contribution in [0.3, 0.4) is 0 Å². The highest BCUT2D eigenvalue weighted by molar-refractivity contribution is 9.10. The van der Waals surface area contributed by atoms with Crippen molar-refractivity contribution < 1.29 is 4.42 Å². The van der Waals surface area contributed by atoms with Crippen LogP contribution in [0.1, 0.15) is 18.7 Å². The average molecular weight is 372 g/mol. The molecule has 1 atom stereocenters. The van der Waals surface area contributed by atoms with E-state index in [9.17, 15) is 0 Å². The van der Waals surface area contributed by atoms with Crippen LogP contribution in [-0.2, 0) is 0 Å². The van der Waals surface area contributed by atoms with Crippen molar-refractivity contribution in [1.29, 1.82) is 0 Å². The van der Waals surface area contributed by atoms with Crippen LogP contribution in [0.2, 0.25) is 0 Å². The zero-order chi connectivity index (χ0) is 15.8. The van der Waals surface area contributed by atoms with Crippen molar-refractivity contribution >= 4 is 43.9 Å². The maximum absolute atomic E-state index is 5.81. The lowest BCUT2D eigenvalue weighted by Crippen LogP contribution is -2.11. The third kappa shape index (κ3) is 2.68. The number of rotatable bonds is 4. The topological polar surface area (TPSA) is 79.6 Å². The minimum Gasteiger partial charge on any atom is -0.440 e. The number of aromatic nitrogens is 4. The number of aromatic amines is 1. The number of benzene rings is 1. The molecule has 3 aromatic heterocycles. The second kappa shape index (κ2) is 5.66. The van der Waals surface area contributed by atoms with Crippen molar-refractivity contribution in [3.05, 3.63) is 47.2 Å². The summed E-state index contributed by atoms with van der Waals surface area (Å²) in [6.45, 7) is 2.74. The van der Waals surface area contributed by atoms with Crippen LogP contribution >= 0.6 is 15.9 Å². The van der Waals surface area contributed by atoms with E-state index in [1.807, 2.05) is 30.3 Å². The van der Waals surface area contributed by atoms with Gasteiger partial charge in [-0.05, 0) is 34.1 Å². The third-order valence-electron chi connectivity index (χ3n) is 3.70. The number of nitrogens with one attached hydrogen (secondary N) is 2. The van der Waals surface area contributed by atoms with Gasteiger partial charge in [-0.3, -0.25) is 0 Å². The second-order valence-corrected chi connectivity index (χ2v) is 6.26. The number of H-pyrrole nitrogens is 1. The third-order valence-corrected chi connectivity index (χ3v) is 4.13. The molecule has 7 heteroatoms. The van der Waals surface area contributed by atoms with Crippen molar-refractivity contribution in [2.24, 2.45) is 0 Å². The molecule has 1 aromatic carbocycles. The van der Waals surface area contributed by atoms with Gasteiger partial charge >= 0.3 is 0 Å². The molecular weight excluding hydrogens is 358 g/mol. The molecule has 3 heterocycles. The van der Waals surface area contributed by atoms with E-state index in [0.717, 1.165) is 38.4 Å². The fourth-order valence-electron chi connectivity index (χ4n) is 2.49. The molecule has 4 rings (SSSR count). The van der Waals surface area contributed by atoms with Gasteiger partial charge in [0.1, 0.15) is 23.3 Å². The van der Waals surface area contributed by atoms with Crippen LogP contribution in [-0.4, -0.2) is 26.5 Å². The Hall–Kier alpha value is -2.41. The standard InChI is InChI=1S/C16H14BrN5O/c1-9(16-21-11-4-2-3-5-12(11)23-16)7-18-14-10-6-13(17)22-15(10)20-8-19-14/h2-6,8-9H,7H2,1H3,(H2,18,19,20,22). The molecular formula is C16H14BrN5O. The first-order valence-electron chi connectivity index (χ1n) is 7.29. The van der Waals surface area contributed by atoms with E-state index in [2.05, 4.69) is 48.1 Å². The minimum absolute atomic E-state index is 0.120. The van der Waals surface area contributed by atoms with E-state index in [0.29, 0.717) is 6.54 Å². The van der Waals surface area contributed by atoms with E-state index in [-0.39, 0.29) is 5.92 Å². The summed E-state index contributed by atoms with van der Waals surface area (Å²) in [6, 6.07) is 9.74. The maximum atomic E-state index is 5.81. The smallest absolute Gasteiger partial charge is 0.200 e. The summed E-state index contributed by atoms with van der Waals surface area (Å²) in [5, 5.41) is 4.30. The minimum atomic E-state index is 0.120. The Morgan fingerprint density at radius 2 is 2.17 bits per heavy atom. The van der Waals surface area contributed by atoms with Crippen LogP contribution in [0.5, 0.6) is 0 Å². The van der Waals surface area contributed by atoms with Crippen LogP contribution in [0, 0.1) is 0 Å². The largest absolute Gasteiger partial charge is 0.440 e. The van der Waals surface area contributed by atoms with Gasteiger partial charge in [-0.15, -0.1) is 0 Å². The van der Waals surface area contributed by atoms with E-state index >= 15 is 0 Å². The lowest BCUT2D eigenvalue weighted by molar-refractivity contribution is 0.494. The van der Waals surface area contributed by atoms with E-state index in [1.54, 1.807) is 0 Å². The molecule has 2 N–H and O–H groups in total. The van der Waals surface area contributed by atoms with Gasteiger partial charge < -0.3 is 14.7 Å². The molecule has 6 nitrogen and oxygen atoms in total. The number of halogens is 1. The quantitative estimate of drug-likeness (QED) is 0.564. The summed E-state index contributed by atoms with van der Waals surface area (Å²) in [4.78, 5) is 16.2. The molecule has 0 aliphatic rings. The monoisotopic (exact) mass is 371 g/mol. The molecule has 4 aromatic rings. The molecule has 116 valence electrons. The van der Waals surface area contributed by atoms with Crippen LogP contribution < -0.4 is 5.32 Å². The average Bonchev–Trinajstić information content (AvgIpc) is 3.14. The Balaban J connectivity index is 1.55. The molecule has 1 unspecified atom stereocenters. The highest BCUT2D eigenvalue weighted by Gasteiger charge is 2.14. The van der Waals surface area contributed by atoms with Gasteiger partial charge in [0, 0.05) is 6.54 Å². The number of nitrogens with zero attached hydrogens (tertiary/aromatic N) is 3. The Labute approximate surface area is 140 Å². The van der Waals surface area contributed by atoms with Gasteiger partial charge in [-0.1, -0.05) is 19.1 Å². The summed E-state index contributed by atoms with van der Waals surface area (Å²) in [5.41, 5.74) is 2.49. The van der Waals surface area contributed by atoms with E-state index < -0.39 is 0 Å². The Morgan fingerprint density at radius 3 is 3.04 bits per heavy atom. The number of para-hydroxylation sites is 2. The molecule has 0 spiro atoms. The second-order valence-electron chi connectivity index (χ2n) is 5.40. The predicted molar refractivity (Wildman–Crippen MR) is 92.5 cm³/mol. The number of hydrogen-bond donors (Lipinski definition) is 2. The summed E-state index contributed by atoms with van der Waals surface area (Å²) in [5.74, 6) is 1.63. The highest BCUT2D eigenvalue weighted by Crippen LogP contribution is 2.25. The summed E-state index contributed by atoms with van der Waals surface area (Å²) in [7, 11) is 0. The molecule has 0 saturated heterocycles. The fraction of sp³-hybridized carbons (Fsp3) is 0.188. The Kier molecular flexibility index (Phi) is 3.49. The van der Waals surface area contributed by atoms with Gasteiger partial charge in [-0.25, -0.2) is 15.0 Å². The van der Waals surface area contributed by atoms with Crippen molar-refractivity contribution in [3.63, 3.8) is 0 Å². The first-order valence-corrected chi connectivity index (χ1v) is 8.08. The van der Waals surface area contributed by atoms with Gasteiger partial charge in [0.15, 0.2) is 11.5 Å². The Morgan fingerprint density at radius 1 is 1.30 bits per heavy atom. The first kappa shape index (κ1) is 14.2. The molecule has 0 aliphatic heterocycles. The highest BCUT2D eigenvalue weighted by atomic mass is 79.9. The lowest BCUT2D eigenvalue weighted by Gasteiger charge is -2.10. The summed E-state index contributed by atoms with van der Waals surface area (Å²) < 4.78 is 6.69. The van der Waals surface area contributed by atoms with Gasteiger partial charge in [0.25, 0.3) is 0 Å². The zero-order valence-corrected chi connectivity index (χ0v) is 14.0. The normalized spacial score (nSPS) is 12.8. The van der Waals surface area contributed by atoms with Crippen LogP contribution in [0.25, 0.3) is 22.1 Å². The number of fused-ring (bicyclic) bond motifs is 2. The molecule has 0 saturated carbocycles. The van der Waals surface area contributed by atoms with Crippen LogP contribution in [0.4, 0.5) is 5.82 Å². The number of oxazole rings is 1. The van der Waals surface area contributed by atoms with Crippen LogP contribution in [0.15, 0.2) is 45.7 Å². The lowest BCUT2D eigenvalue weighted by atomic mass is 10.2. The van der Waals surface area contributed by atoms with E-state index in [1.165, 1.54) is 6.33 Å². The SMILES string of the molecule is CC(CNc1ncnc2[nH]c(Br)cc12)c1nc2ccccc2o1. The van der Waals surface area contributed by atoms with Crippen molar-refractivity contribution in [2.45, 2.75) is 12.8 Å². The van der Waals surface area contributed by atoms with Gasteiger partial charge in [-0.2, -0.15) is 0 Å². The molecule has 0 fully saturated rings. The molecule has 0 radical (unpaired) electrons. The molecule has 0 bridgehead atoms. The summed E-state index contributed by atoms with van der Waals surface area (Å²) >= 11 is 3.42. The maximum Gasteiger partial charge on any atom is 0.200 e. The predicted octanol–water partition coefficient (Wildman–Crippen LogP) is 4.08. The zero-order valence-electron chi connectivity index (χ0n) is 12.4. The van der Waals surface area contributed by atoms with Crippen molar-refractivity contribution in [1.82, 2.24) is 19.9 Å². The molecule has 0 aliphatic carbocycles. The first-order chi connectivity index (χ1) is 11.2. The summed E-state index contributed by atoms with van der Waals surface area (Å²) in [6.07, 6.45) is 1.54. The van der Waals surface area contributed by atoms with Crippen molar-refractivity contribution in [2.75, 3.05) is 11.9 Å². The molecule has 0 amide bonds. The number of anilines is 1. The van der Waals surface area contributed by atoms with E-state index in [4.69, 9.17) is 4.42 Å². The van der Waals surface area contributed by atoms with Gasteiger partial charge in [0.2, 0.25) is 0 Å².